The first-order chi connectivity index (χ1) is 11.6. The van der Waals surface area contributed by atoms with Gasteiger partial charge in [-0.25, -0.2) is 0 Å². The van der Waals surface area contributed by atoms with E-state index in [1.54, 1.807) is 0 Å². The van der Waals surface area contributed by atoms with E-state index in [9.17, 15) is 4.79 Å². The van der Waals surface area contributed by atoms with Gasteiger partial charge in [0.25, 0.3) is 5.91 Å². The normalized spacial score (nSPS) is 15.8. The van der Waals surface area contributed by atoms with E-state index in [4.69, 9.17) is 0 Å². The van der Waals surface area contributed by atoms with Gasteiger partial charge in [0.15, 0.2) is 5.69 Å². The third-order valence-corrected chi connectivity index (χ3v) is 5.00. The maximum atomic E-state index is 12.6. The van der Waals surface area contributed by atoms with E-state index >= 15 is 0 Å². The molecule has 1 atom stereocenters. The lowest BCUT2D eigenvalue weighted by Crippen LogP contribution is -2.38. The van der Waals surface area contributed by atoms with E-state index in [1.165, 1.54) is 5.69 Å². The Morgan fingerprint density at radius 2 is 2.08 bits per heavy atom. The molecule has 0 spiro atoms. The second-order valence-corrected chi connectivity index (χ2v) is 6.54. The molecule has 1 aromatic carbocycles. The van der Waals surface area contributed by atoms with Crippen LogP contribution in [0.15, 0.2) is 30.3 Å². The van der Waals surface area contributed by atoms with Crippen LogP contribution >= 0.6 is 0 Å². The van der Waals surface area contributed by atoms with Crippen molar-refractivity contribution in [3.63, 3.8) is 0 Å². The molecule has 0 aliphatic carbocycles. The van der Waals surface area contributed by atoms with Crippen LogP contribution in [-0.4, -0.2) is 33.2 Å². The molecule has 24 heavy (non-hydrogen) atoms. The number of hydrogen-bond acceptors (Lipinski definition) is 3. The van der Waals surface area contributed by atoms with E-state index in [-0.39, 0.29) is 5.91 Å². The minimum absolute atomic E-state index is 0.0818. The molecule has 128 valence electrons. The van der Waals surface area contributed by atoms with Crippen LogP contribution in [0, 0.1) is 0 Å². The number of rotatable bonds is 5. The molecule has 2 heterocycles. The first kappa shape index (κ1) is 16.7. The molecule has 1 aromatic heterocycles. The number of hydrogen-bond donors (Lipinski definition) is 1. The Kier molecular flexibility index (Phi) is 5.00. The summed E-state index contributed by atoms with van der Waals surface area (Å²) in [6.07, 6.45) is 2.07. The number of amides is 1. The van der Waals surface area contributed by atoms with E-state index in [0.717, 1.165) is 37.1 Å². The maximum absolute atomic E-state index is 12.6. The molecule has 1 amide bonds. The first-order valence-electron chi connectivity index (χ1n) is 8.71. The summed E-state index contributed by atoms with van der Waals surface area (Å²) in [6, 6.07) is 10.5. The van der Waals surface area contributed by atoms with Gasteiger partial charge in [0, 0.05) is 50.4 Å². The zero-order chi connectivity index (χ0) is 17.1. The molecule has 5 heteroatoms. The molecule has 0 bridgehead atoms. The lowest BCUT2D eigenvalue weighted by Gasteiger charge is -2.32. The highest BCUT2D eigenvalue weighted by molar-refractivity contribution is 5.94. The van der Waals surface area contributed by atoms with Gasteiger partial charge >= 0.3 is 0 Å². The van der Waals surface area contributed by atoms with E-state index in [0.29, 0.717) is 18.3 Å². The molecule has 1 N–H and O–H groups in total. The van der Waals surface area contributed by atoms with Gasteiger partial charge in [0.2, 0.25) is 0 Å². The summed E-state index contributed by atoms with van der Waals surface area (Å²) in [5.41, 5.74) is 3.96. The van der Waals surface area contributed by atoms with Crippen LogP contribution in [0.5, 0.6) is 0 Å². The summed E-state index contributed by atoms with van der Waals surface area (Å²) in [5, 5.41) is 7.51. The van der Waals surface area contributed by atoms with Crippen LogP contribution in [0.1, 0.15) is 47.6 Å². The average Bonchev–Trinajstić information content (AvgIpc) is 2.96. The van der Waals surface area contributed by atoms with Crippen molar-refractivity contribution in [3.05, 3.63) is 52.8 Å². The van der Waals surface area contributed by atoms with Gasteiger partial charge in [0.05, 0.1) is 0 Å². The number of aromatic nitrogens is 2. The van der Waals surface area contributed by atoms with E-state index < -0.39 is 0 Å². The van der Waals surface area contributed by atoms with Crippen molar-refractivity contribution in [2.45, 2.75) is 45.8 Å². The van der Waals surface area contributed by atoms with Gasteiger partial charge < -0.3 is 5.32 Å². The fourth-order valence-corrected chi connectivity index (χ4v) is 3.29. The predicted molar refractivity (Wildman–Crippen MR) is 94.7 cm³/mol. The molecule has 1 aliphatic heterocycles. The Labute approximate surface area is 143 Å². The molecule has 0 saturated heterocycles. The van der Waals surface area contributed by atoms with Crippen LogP contribution in [0.25, 0.3) is 0 Å². The predicted octanol–water partition coefficient (Wildman–Crippen LogP) is 2.51. The third kappa shape index (κ3) is 3.36. The van der Waals surface area contributed by atoms with Crippen molar-refractivity contribution >= 4 is 5.91 Å². The van der Waals surface area contributed by atoms with Crippen molar-refractivity contribution < 1.29 is 4.79 Å². The van der Waals surface area contributed by atoms with E-state index in [1.807, 2.05) is 42.1 Å². The Bertz CT molecular complexity index is 708. The highest BCUT2D eigenvalue weighted by atomic mass is 16.1. The molecule has 1 aliphatic rings. The minimum atomic E-state index is -0.0818. The molecule has 2 aromatic rings. The van der Waals surface area contributed by atoms with Crippen molar-refractivity contribution in [2.24, 2.45) is 7.05 Å². The second-order valence-electron chi connectivity index (χ2n) is 6.54. The molecule has 0 saturated carbocycles. The third-order valence-electron chi connectivity index (χ3n) is 5.00. The number of fused-ring (bicyclic) bond motifs is 1. The zero-order valence-corrected chi connectivity index (χ0v) is 14.7. The first-order valence-corrected chi connectivity index (χ1v) is 8.71. The summed E-state index contributed by atoms with van der Waals surface area (Å²) in [7, 11) is 1.94. The summed E-state index contributed by atoms with van der Waals surface area (Å²) in [5.74, 6) is -0.0818. The van der Waals surface area contributed by atoms with Gasteiger partial charge in [-0.15, -0.1) is 0 Å². The number of carbonyl (C=O) groups is 1. The zero-order valence-electron chi connectivity index (χ0n) is 14.7. The van der Waals surface area contributed by atoms with Crippen LogP contribution in [0.2, 0.25) is 0 Å². The number of benzene rings is 1. The molecular formula is C19H26N4O. The molecule has 0 fully saturated rings. The summed E-state index contributed by atoms with van der Waals surface area (Å²) < 4.78 is 1.88. The SMILES string of the molecule is CCC(C)N1CCc2c(c(C(=O)NCc3ccccc3)nn2C)C1. The Balaban J connectivity index is 1.75. The molecular weight excluding hydrogens is 300 g/mol. The van der Waals surface area contributed by atoms with Gasteiger partial charge in [-0.1, -0.05) is 37.3 Å². The lowest BCUT2D eigenvalue weighted by molar-refractivity contribution is 0.0941. The number of aryl methyl sites for hydroxylation is 1. The number of carbonyl (C=O) groups excluding carboxylic acids is 1. The fraction of sp³-hybridized carbons (Fsp3) is 0.474. The quantitative estimate of drug-likeness (QED) is 0.918. The van der Waals surface area contributed by atoms with Gasteiger partial charge in [-0.05, 0) is 18.9 Å². The lowest BCUT2D eigenvalue weighted by atomic mass is 10.0. The van der Waals surface area contributed by atoms with Crippen LogP contribution in [0.3, 0.4) is 0 Å². The van der Waals surface area contributed by atoms with Crippen molar-refractivity contribution in [1.29, 1.82) is 0 Å². The Morgan fingerprint density at radius 3 is 2.79 bits per heavy atom. The van der Waals surface area contributed by atoms with Gasteiger partial charge in [-0.2, -0.15) is 5.10 Å². The van der Waals surface area contributed by atoms with Crippen molar-refractivity contribution in [1.82, 2.24) is 20.0 Å². The fourth-order valence-electron chi connectivity index (χ4n) is 3.29. The Hall–Kier alpha value is -2.14. The number of nitrogens with one attached hydrogen (secondary N) is 1. The van der Waals surface area contributed by atoms with Crippen LogP contribution in [-0.2, 0) is 26.6 Å². The van der Waals surface area contributed by atoms with Gasteiger partial charge in [0.1, 0.15) is 0 Å². The standard InChI is InChI=1S/C19H26N4O/c1-4-14(2)23-11-10-17-16(13-23)18(21-22(17)3)19(24)20-12-15-8-6-5-7-9-15/h5-9,14H,4,10-13H2,1-3H3,(H,20,24). The topological polar surface area (TPSA) is 50.2 Å². The molecule has 0 radical (unpaired) electrons. The summed E-state index contributed by atoms with van der Waals surface area (Å²) in [6.45, 7) is 6.83. The minimum Gasteiger partial charge on any atom is -0.347 e. The second kappa shape index (κ2) is 7.18. The Morgan fingerprint density at radius 1 is 1.33 bits per heavy atom. The molecule has 5 nitrogen and oxygen atoms in total. The molecule has 3 rings (SSSR count). The smallest absolute Gasteiger partial charge is 0.272 e. The van der Waals surface area contributed by atoms with E-state index in [2.05, 4.69) is 29.2 Å². The van der Waals surface area contributed by atoms with Crippen LogP contribution < -0.4 is 5.32 Å². The van der Waals surface area contributed by atoms with Crippen LogP contribution in [0.4, 0.5) is 0 Å². The highest BCUT2D eigenvalue weighted by Crippen LogP contribution is 2.24. The highest BCUT2D eigenvalue weighted by Gasteiger charge is 2.28. The van der Waals surface area contributed by atoms with Crippen molar-refractivity contribution in [2.75, 3.05) is 6.54 Å². The van der Waals surface area contributed by atoms with Gasteiger partial charge in [-0.3, -0.25) is 14.4 Å². The largest absolute Gasteiger partial charge is 0.347 e. The number of nitrogens with zero attached hydrogens (tertiary/aromatic N) is 3. The van der Waals surface area contributed by atoms with Crippen molar-refractivity contribution in [3.8, 4) is 0 Å². The summed E-state index contributed by atoms with van der Waals surface area (Å²) in [4.78, 5) is 15.1. The summed E-state index contributed by atoms with van der Waals surface area (Å²) >= 11 is 0. The average molecular weight is 326 g/mol. The monoisotopic (exact) mass is 326 g/mol. The molecule has 1 unspecified atom stereocenters. The maximum Gasteiger partial charge on any atom is 0.272 e.